The maximum absolute atomic E-state index is 12.7. The van der Waals surface area contributed by atoms with E-state index in [2.05, 4.69) is 0 Å². The van der Waals surface area contributed by atoms with Crippen molar-refractivity contribution in [3.8, 4) is 0 Å². The maximum atomic E-state index is 12.7. The van der Waals surface area contributed by atoms with E-state index in [1.807, 2.05) is 6.92 Å². The SMILES string of the molecule is CCCC[C@H](O)[C@H](N)c1ccc(Cl)c(C(F)(F)F)c1. The van der Waals surface area contributed by atoms with Crippen molar-refractivity contribution in [1.29, 1.82) is 0 Å². The predicted molar refractivity (Wildman–Crippen MR) is 68.9 cm³/mol. The van der Waals surface area contributed by atoms with Crippen LogP contribution >= 0.6 is 11.6 Å². The summed E-state index contributed by atoms with van der Waals surface area (Å²) < 4.78 is 38.1. The summed E-state index contributed by atoms with van der Waals surface area (Å²) in [6.45, 7) is 1.96. The largest absolute Gasteiger partial charge is 0.417 e. The van der Waals surface area contributed by atoms with E-state index in [1.165, 1.54) is 6.07 Å². The molecule has 0 heterocycles. The van der Waals surface area contributed by atoms with E-state index < -0.39 is 23.9 Å². The van der Waals surface area contributed by atoms with Crippen LogP contribution in [-0.4, -0.2) is 11.2 Å². The van der Waals surface area contributed by atoms with Crippen LogP contribution in [-0.2, 0) is 6.18 Å². The van der Waals surface area contributed by atoms with E-state index >= 15 is 0 Å². The van der Waals surface area contributed by atoms with Crippen molar-refractivity contribution < 1.29 is 18.3 Å². The van der Waals surface area contributed by atoms with E-state index in [4.69, 9.17) is 17.3 Å². The molecule has 6 heteroatoms. The highest BCUT2D eigenvalue weighted by atomic mass is 35.5. The molecule has 0 aromatic heterocycles. The number of alkyl halides is 3. The van der Waals surface area contributed by atoms with Crippen LogP contribution in [0.1, 0.15) is 43.4 Å². The van der Waals surface area contributed by atoms with Gasteiger partial charge in [-0.15, -0.1) is 0 Å². The highest BCUT2D eigenvalue weighted by Gasteiger charge is 2.34. The average molecular weight is 296 g/mol. The van der Waals surface area contributed by atoms with Crippen molar-refractivity contribution >= 4 is 11.6 Å². The molecule has 2 atom stereocenters. The molecule has 0 unspecified atom stereocenters. The summed E-state index contributed by atoms with van der Waals surface area (Å²) >= 11 is 5.53. The number of aliphatic hydroxyl groups is 1. The Balaban J connectivity index is 2.95. The first-order valence-corrected chi connectivity index (χ1v) is 6.45. The predicted octanol–water partition coefficient (Wildman–Crippen LogP) is 3.91. The van der Waals surface area contributed by atoms with Gasteiger partial charge in [-0.05, 0) is 24.1 Å². The smallest absolute Gasteiger partial charge is 0.391 e. The van der Waals surface area contributed by atoms with Gasteiger partial charge in [0.05, 0.1) is 22.7 Å². The first kappa shape index (κ1) is 16.3. The van der Waals surface area contributed by atoms with E-state index in [-0.39, 0.29) is 10.6 Å². The lowest BCUT2D eigenvalue weighted by Crippen LogP contribution is -2.26. The van der Waals surface area contributed by atoms with Crippen molar-refractivity contribution in [2.45, 2.75) is 44.5 Å². The van der Waals surface area contributed by atoms with Crippen LogP contribution in [0.4, 0.5) is 13.2 Å². The Morgan fingerprint density at radius 1 is 1.37 bits per heavy atom. The summed E-state index contributed by atoms with van der Waals surface area (Å²) in [5, 5.41) is 9.46. The van der Waals surface area contributed by atoms with Crippen LogP contribution < -0.4 is 5.73 Å². The molecule has 0 fully saturated rings. The van der Waals surface area contributed by atoms with E-state index in [0.29, 0.717) is 6.42 Å². The second kappa shape index (κ2) is 6.59. The van der Waals surface area contributed by atoms with E-state index in [1.54, 1.807) is 0 Å². The first-order valence-electron chi connectivity index (χ1n) is 6.07. The molecule has 108 valence electrons. The summed E-state index contributed by atoms with van der Waals surface area (Å²) in [5.41, 5.74) is 5.09. The number of rotatable bonds is 5. The van der Waals surface area contributed by atoms with Crippen LogP contribution in [0.15, 0.2) is 18.2 Å². The minimum absolute atomic E-state index is 0.236. The van der Waals surface area contributed by atoms with Gasteiger partial charge >= 0.3 is 6.18 Å². The third-order valence-corrected chi connectivity index (χ3v) is 3.28. The fourth-order valence-corrected chi connectivity index (χ4v) is 2.01. The van der Waals surface area contributed by atoms with Crippen molar-refractivity contribution in [1.82, 2.24) is 0 Å². The monoisotopic (exact) mass is 295 g/mol. The second-order valence-corrected chi connectivity index (χ2v) is 4.88. The zero-order chi connectivity index (χ0) is 14.6. The molecule has 19 heavy (non-hydrogen) atoms. The van der Waals surface area contributed by atoms with Gasteiger partial charge in [0, 0.05) is 0 Å². The number of hydrogen-bond acceptors (Lipinski definition) is 2. The van der Waals surface area contributed by atoms with E-state index in [0.717, 1.165) is 25.0 Å². The Kier molecular flexibility index (Phi) is 5.64. The summed E-state index contributed by atoms with van der Waals surface area (Å²) in [6.07, 6.45) is -3.27. The number of benzene rings is 1. The van der Waals surface area contributed by atoms with Gasteiger partial charge in [0.15, 0.2) is 0 Å². The summed E-state index contributed by atoms with van der Waals surface area (Å²) in [7, 11) is 0. The number of halogens is 4. The zero-order valence-electron chi connectivity index (χ0n) is 10.5. The Hall–Kier alpha value is -0.780. The molecule has 0 aliphatic rings. The molecule has 0 aliphatic heterocycles. The van der Waals surface area contributed by atoms with Gasteiger partial charge in [-0.25, -0.2) is 0 Å². The standard InChI is InChI=1S/C13H17ClF3NO/c1-2-3-4-11(19)12(18)8-5-6-10(14)9(7-8)13(15,16)17/h5-7,11-12,19H,2-4,18H2,1H3/t11-,12+/m0/s1. The summed E-state index contributed by atoms with van der Waals surface area (Å²) in [5.74, 6) is 0. The van der Waals surface area contributed by atoms with Gasteiger partial charge in [0.1, 0.15) is 0 Å². The highest BCUT2D eigenvalue weighted by Crippen LogP contribution is 2.36. The van der Waals surface area contributed by atoms with Crippen LogP contribution in [0.3, 0.4) is 0 Å². The Morgan fingerprint density at radius 2 is 2.00 bits per heavy atom. The van der Waals surface area contributed by atoms with Gasteiger partial charge in [0.2, 0.25) is 0 Å². The molecule has 3 N–H and O–H groups in total. The molecule has 0 spiro atoms. The molecule has 0 bridgehead atoms. The van der Waals surface area contributed by atoms with Crippen LogP contribution in [0, 0.1) is 0 Å². The van der Waals surface area contributed by atoms with Crippen molar-refractivity contribution in [2.24, 2.45) is 5.73 Å². The molecular weight excluding hydrogens is 279 g/mol. The number of unbranched alkanes of at least 4 members (excludes halogenated alkanes) is 1. The molecule has 1 aromatic rings. The second-order valence-electron chi connectivity index (χ2n) is 4.47. The minimum Gasteiger partial charge on any atom is -0.391 e. The Labute approximate surface area is 115 Å². The lowest BCUT2D eigenvalue weighted by Gasteiger charge is -2.20. The van der Waals surface area contributed by atoms with Gasteiger partial charge in [-0.1, -0.05) is 37.4 Å². The molecule has 0 saturated heterocycles. The van der Waals surface area contributed by atoms with Crippen LogP contribution in [0.25, 0.3) is 0 Å². The zero-order valence-corrected chi connectivity index (χ0v) is 11.3. The molecule has 1 aromatic carbocycles. The van der Waals surface area contributed by atoms with Crippen molar-refractivity contribution in [2.75, 3.05) is 0 Å². The lowest BCUT2D eigenvalue weighted by molar-refractivity contribution is -0.137. The fourth-order valence-electron chi connectivity index (χ4n) is 1.78. The Morgan fingerprint density at radius 3 is 2.53 bits per heavy atom. The summed E-state index contributed by atoms with van der Waals surface area (Å²) in [6, 6.07) is 2.64. The third kappa shape index (κ3) is 4.37. The quantitative estimate of drug-likeness (QED) is 0.865. The third-order valence-electron chi connectivity index (χ3n) is 2.95. The molecule has 0 aliphatic carbocycles. The molecule has 0 amide bonds. The van der Waals surface area contributed by atoms with Crippen LogP contribution in [0.5, 0.6) is 0 Å². The molecule has 0 saturated carbocycles. The van der Waals surface area contributed by atoms with E-state index in [9.17, 15) is 18.3 Å². The van der Waals surface area contributed by atoms with Gasteiger partial charge in [-0.2, -0.15) is 13.2 Å². The first-order chi connectivity index (χ1) is 8.77. The fraction of sp³-hybridized carbons (Fsp3) is 0.538. The molecule has 0 radical (unpaired) electrons. The topological polar surface area (TPSA) is 46.2 Å². The Bertz CT molecular complexity index is 423. The highest BCUT2D eigenvalue weighted by molar-refractivity contribution is 6.31. The normalized spacial score (nSPS) is 15.3. The number of aliphatic hydroxyl groups excluding tert-OH is 1. The number of hydrogen-bond donors (Lipinski definition) is 2. The average Bonchev–Trinajstić information content (AvgIpc) is 2.34. The van der Waals surface area contributed by atoms with Crippen LogP contribution in [0.2, 0.25) is 5.02 Å². The number of nitrogens with two attached hydrogens (primary N) is 1. The summed E-state index contributed by atoms with van der Waals surface area (Å²) in [4.78, 5) is 0. The van der Waals surface area contributed by atoms with Gasteiger partial charge in [0.25, 0.3) is 0 Å². The molecule has 2 nitrogen and oxygen atoms in total. The minimum atomic E-state index is -4.53. The van der Waals surface area contributed by atoms with Gasteiger partial charge < -0.3 is 10.8 Å². The van der Waals surface area contributed by atoms with Gasteiger partial charge in [-0.3, -0.25) is 0 Å². The molecular formula is C13H17ClF3NO. The maximum Gasteiger partial charge on any atom is 0.417 e. The van der Waals surface area contributed by atoms with Crippen molar-refractivity contribution in [3.05, 3.63) is 34.3 Å². The molecule has 1 rings (SSSR count). The van der Waals surface area contributed by atoms with Crippen molar-refractivity contribution in [3.63, 3.8) is 0 Å². The lowest BCUT2D eigenvalue weighted by atomic mass is 9.97.